The smallest absolute Gasteiger partial charge is 0.00707 e. The molecule has 1 heteroatoms. The minimum Gasteiger partial charge on any atom is -0.327 e. The summed E-state index contributed by atoms with van der Waals surface area (Å²) in [5.74, 6) is 1.08. The summed E-state index contributed by atoms with van der Waals surface area (Å²) in [5.41, 5.74) is 5.66. The van der Waals surface area contributed by atoms with Crippen molar-refractivity contribution in [1.29, 1.82) is 0 Å². The fraction of sp³-hybridized carbons (Fsp3) is 0.857. The van der Waals surface area contributed by atoms with Crippen LogP contribution in [0, 0.1) is 5.92 Å². The highest BCUT2D eigenvalue weighted by atomic mass is 14.6. The molecule has 0 aromatic carbocycles. The molecule has 0 heterocycles. The van der Waals surface area contributed by atoms with Crippen LogP contribution in [-0.4, -0.2) is 6.04 Å². The molecule has 0 saturated heterocycles. The van der Waals surface area contributed by atoms with Crippen LogP contribution in [0.15, 0.2) is 12.2 Å². The van der Waals surface area contributed by atoms with E-state index in [1.165, 1.54) is 12.8 Å². The van der Waals surface area contributed by atoms with Gasteiger partial charge in [0, 0.05) is 6.04 Å². The van der Waals surface area contributed by atoms with E-state index < -0.39 is 0 Å². The first-order chi connectivity index (χ1) is 7.20. The van der Waals surface area contributed by atoms with Crippen LogP contribution >= 0.6 is 0 Å². The molecule has 1 atom stereocenters. The Kier molecular flexibility index (Phi) is 15.6. The quantitative estimate of drug-likeness (QED) is 0.683. The lowest BCUT2D eigenvalue weighted by Gasteiger charge is -2.01. The molecule has 92 valence electrons. The summed E-state index contributed by atoms with van der Waals surface area (Å²) in [6.07, 6.45) is 10.5. The van der Waals surface area contributed by atoms with E-state index in [1.807, 2.05) is 13.8 Å². The molecule has 1 rings (SSSR count). The molecule has 1 aliphatic rings. The Hall–Kier alpha value is -0.300. The first-order valence-corrected chi connectivity index (χ1v) is 6.61. The van der Waals surface area contributed by atoms with Crippen molar-refractivity contribution in [3.05, 3.63) is 12.2 Å². The summed E-state index contributed by atoms with van der Waals surface area (Å²) < 4.78 is 0. The van der Waals surface area contributed by atoms with Crippen LogP contribution in [0.5, 0.6) is 0 Å². The normalized spacial score (nSPS) is 16.1. The van der Waals surface area contributed by atoms with Gasteiger partial charge in [-0.1, -0.05) is 59.6 Å². The second kappa shape index (κ2) is 13.7. The molecule has 0 aromatic rings. The molecule has 15 heavy (non-hydrogen) atoms. The fourth-order valence-corrected chi connectivity index (χ4v) is 0.771. The summed E-state index contributed by atoms with van der Waals surface area (Å²) in [4.78, 5) is 0. The van der Waals surface area contributed by atoms with Gasteiger partial charge in [-0.15, -0.1) is 0 Å². The molecular weight excluding hydrogens is 182 g/mol. The minimum absolute atomic E-state index is 0.368. The zero-order valence-electron chi connectivity index (χ0n) is 11.4. The van der Waals surface area contributed by atoms with Crippen LogP contribution in [0.25, 0.3) is 0 Å². The van der Waals surface area contributed by atoms with Crippen molar-refractivity contribution in [2.45, 2.75) is 72.8 Å². The maximum absolute atomic E-state index is 5.66. The topological polar surface area (TPSA) is 26.0 Å². The fourth-order valence-electron chi connectivity index (χ4n) is 0.771. The van der Waals surface area contributed by atoms with Crippen LogP contribution in [-0.2, 0) is 0 Å². The summed E-state index contributed by atoms with van der Waals surface area (Å²) in [7, 11) is 0. The molecule has 0 aromatic heterocycles. The Labute approximate surface area is 97.1 Å². The molecule has 1 aliphatic carbocycles. The molecule has 0 radical (unpaired) electrons. The molecule has 1 fully saturated rings. The first kappa shape index (κ1) is 17.1. The van der Waals surface area contributed by atoms with E-state index in [1.54, 1.807) is 0 Å². The lowest BCUT2D eigenvalue weighted by molar-refractivity contribution is 0.658. The third-order valence-electron chi connectivity index (χ3n) is 2.23. The summed E-state index contributed by atoms with van der Waals surface area (Å²) in [6, 6.07) is 0.368. The van der Waals surface area contributed by atoms with Gasteiger partial charge in [-0.2, -0.15) is 0 Å². The van der Waals surface area contributed by atoms with Gasteiger partial charge in [0.25, 0.3) is 0 Å². The van der Waals surface area contributed by atoms with Gasteiger partial charge < -0.3 is 5.73 Å². The third kappa shape index (κ3) is 19.9. The Balaban J connectivity index is 0. The lowest BCUT2D eigenvalue weighted by atomic mass is 10.1. The van der Waals surface area contributed by atoms with Gasteiger partial charge in [-0.3, -0.25) is 0 Å². The van der Waals surface area contributed by atoms with E-state index in [4.69, 9.17) is 5.73 Å². The molecule has 0 spiro atoms. The van der Waals surface area contributed by atoms with Crippen molar-refractivity contribution in [3.63, 3.8) is 0 Å². The van der Waals surface area contributed by atoms with Gasteiger partial charge in [0.05, 0.1) is 0 Å². The Morgan fingerprint density at radius 3 is 1.93 bits per heavy atom. The summed E-state index contributed by atoms with van der Waals surface area (Å²) >= 11 is 0. The van der Waals surface area contributed by atoms with Gasteiger partial charge >= 0.3 is 0 Å². The van der Waals surface area contributed by atoms with E-state index in [-0.39, 0.29) is 0 Å². The lowest BCUT2D eigenvalue weighted by Crippen LogP contribution is -2.16. The Bertz CT molecular complexity index is 125. The molecule has 0 aliphatic heterocycles. The minimum atomic E-state index is 0.368. The zero-order valence-corrected chi connectivity index (χ0v) is 11.4. The number of hydrogen-bond donors (Lipinski definition) is 1. The van der Waals surface area contributed by atoms with Gasteiger partial charge in [-0.05, 0) is 25.2 Å². The summed E-state index contributed by atoms with van der Waals surface area (Å²) in [6.45, 7) is 10.5. The predicted molar refractivity (Wildman–Crippen MR) is 72.1 cm³/mol. The molecule has 1 saturated carbocycles. The highest BCUT2D eigenvalue weighted by molar-refractivity contribution is 4.83. The number of nitrogens with two attached hydrogens (primary N) is 1. The molecule has 0 bridgehead atoms. The predicted octanol–water partition coefficient (Wildman–Crippen LogP) is 4.52. The van der Waals surface area contributed by atoms with E-state index in [9.17, 15) is 0 Å². The number of hydrogen-bond acceptors (Lipinski definition) is 1. The van der Waals surface area contributed by atoms with Crippen molar-refractivity contribution in [2.75, 3.05) is 0 Å². The van der Waals surface area contributed by atoms with Gasteiger partial charge in [0.15, 0.2) is 0 Å². The van der Waals surface area contributed by atoms with E-state index in [0.717, 1.165) is 25.2 Å². The Morgan fingerprint density at radius 1 is 1.20 bits per heavy atom. The first-order valence-electron chi connectivity index (χ1n) is 6.61. The van der Waals surface area contributed by atoms with Crippen LogP contribution in [0.3, 0.4) is 0 Å². The average molecular weight is 213 g/mol. The molecule has 1 nitrogen and oxygen atoms in total. The summed E-state index contributed by atoms with van der Waals surface area (Å²) in [5, 5.41) is 0. The van der Waals surface area contributed by atoms with Crippen molar-refractivity contribution in [3.8, 4) is 0 Å². The van der Waals surface area contributed by atoms with Crippen molar-refractivity contribution >= 4 is 0 Å². The molecular formula is C14H31N. The van der Waals surface area contributed by atoms with E-state index in [0.29, 0.717) is 6.04 Å². The third-order valence-corrected chi connectivity index (χ3v) is 2.23. The van der Waals surface area contributed by atoms with Crippen LogP contribution in [0.4, 0.5) is 0 Å². The second-order valence-electron chi connectivity index (χ2n) is 3.97. The monoisotopic (exact) mass is 213 g/mol. The van der Waals surface area contributed by atoms with Crippen molar-refractivity contribution < 1.29 is 0 Å². The highest BCUT2D eigenvalue weighted by Crippen LogP contribution is 2.26. The van der Waals surface area contributed by atoms with E-state index in [2.05, 4.69) is 32.9 Å². The van der Waals surface area contributed by atoms with E-state index >= 15 is 0 Å². The maximum Gasteiger partial charge on any atom is 0.00707 e. The molecule has 1 unspecified atom stereocenters. The average Bonchev–Trinajstić information content (AvgIpc) is 3.05. The largest absolute Gasteiger partial charge is 0.327 e. The SMILES string of the molecule is CC.CC/C=C\CC(N)CC.CC1CC1. The van der Waals surface area contributed by atoms with Crippen LogP contribution in [0.1, 0.15) is 66.7 Å². The van der Waals surface area contributed by atoms with Gasteiger partial charge in [0.1, 0.15) is 0 Å². The number of rotatable bonds is 4. The van der Waals surface area contributed by atoms with Crippen LogP contribution < -0.4 is 5.73 Å². The van der Waals surface area contributed by atoms with Crippen LogP contribution in [0.2, 0.25) is 0 Å². The van der Waals surface area contributed by atoms with Crippen molar-refractivity contribution in [1.82, 2.24) is 0 Å². The van der Waals surface area contributed by atoms with Crippen molar-refractivity contribution in [2.24, 2.45) is 11.7 Å². The maximum atomic E-state index is 5.66. The standard InChI is InChI=1S/C8H17N.C4H8.C2H6/c1-3-5-6-7-8(9)4-2;1-4-2-3-4;1-2/h5-6,8H,3-4,7,9H2,1-2H3;4H,2-3H2,1H3;1-2H3/b6-5-;;. The second-order valence-corrected chi connectivity index (χ2v) is 3.97. The zero-order chi connectivity index (χ0) is 12.1. The Morgan fingerprint density at radius 2 is 1.67 bits per heavy atom. The number of allylic oxidation sites excluding steroid dienone is 1. The van der Waals surface area contributed by atoms with Gasteiger partial charge in [-0.25, -0.2) is 0 Å². The highest BCUT2D eigenvalue weighted by Gasteiger charge is 2.12. The molecule has 2 N–H and O–H groups in total. The van der Waals surface area contributed by atoms with Gasteiger partial charge in [0.2, 0.25) is 0 Å². The molecule has 0 amide bonds.